The molecule has 1 unspecified atom stereocenters. The van der Waals surface area contributed by atoms with Crippen LogP contribution in [0.25, 0.3) is 0 Å². The first-order valence-corrected chi connectivity index (χ1v) is 17.5. The van der Waals surface area contributed by atoms with Gasteiger partial charge < -0.3 is 14.6 Å². The van der Waals surface area contributed by atoms with Gasteiger partial charge in [-0.2, -0.15) is 0 Å². The highest BCUT2D eigenvalue weighted by Gasteiger charge is 2.13. The van der Waals surface area contributed by atoms with E-state index in [1.54, 1.807) is 0 Å². The van der Waals surface area contributed by atoms with E-state index in [0.717, 1.165) is 83.5 Å². The molecular formula is C39H66O4. The van der Waals surface area contributed by atoms with Gasteiger partial charge in [-0.1, -0.05) is 125 Å². The summed E-state index contributed by atoms with van der Waals surface area (Å²) in [6, 6.07) is 0. The maximum atomic E-state index is 12.1. The minimum Gasteiger partial charge on any atom is -0.457 e. The van der Waals surface area contributed by atoms with Gasteiger partial charge in [0.2, 0.25) is 0 Å². The van der Waals surface area contributed by atoms with Crippen LogP contribution in [0.2, 0.25) is 0 Å². The predicted molar refractivity (Wildman–Crippen MR) is 186 cm³/mol. The zero-order chi connectivity index (χ0) is 31.3. The van der Waals surface area contributed by atoms with E-state index < -0.39 is 6.10 Å². The van der Waals surface area contributed by atoms with E-state index in [1.165, 1.54) is 38.5 Å². The fourth-order valence-corrected chi connectivity index (χ4v) is 4.41. The predicted octanol–water partition coefficient (Wildman–Crippen LogP) is 11.1. The summed E-state index contributed by atoms with van der Waals surface area (Å²) in [5.74, 6) is -0.230. The molecule has 4 heteroatoms. The Hall–Kier alpha value is -2.17. The van der Waals surface area contributed by atoms with E-state index in [4.69, 9.17) is 9.47 Å². The third kappa shape index (κ3) is 34.2. The highest BCUT2D eigenvalue weighted by molar-refractivity contribution is 5.69. The Kier molecular flexibility index (Phi) is 34.2. The average molecular weight is 599 g/mol. The Bertz CT molecular complexity index is 759. The molecule has 0 aliphatic rings. The van der Waals surface area contributed by atoms with Crippen LogP contribution in [0.3, 0.4) is 0 Å². The van der Waals surface area contributed by atoms with Crippen molar-refractivity contribution in [3.05, 3.63) is 72.9 Å². The van der Waals surface area contributed by atoms with Crippen LogP contribution in [0.5, 0.6) is 0 Å². The standard InChI is InChI=1S/C39H66O4/c1-3-5-7-9-11-13-15-17-19-21-23-25-27-29-31-33-35-42-37-38(36-40)43-39(41)34-32-30-28-26-24-22-20-18-16-14-12-10-8-6-4-2/h5,7,11-14,17-20,23,25,38,40H,3-4,6,8-10,15-16,21-22,24,26-37H2,1-2H3/b7-5-,13-11-,14-12-,19-17-,20-18-,25-23-. The molecule has 0 aromatic carbocycles. The number of carbonyl (C=O) groups excluding carboxylic acids is 1. The van der Waals surface area contributed by atoms with Crippen LogP contribution in [0, 0.1) is 0 Å². The molecule has 246 valence electrons. The van der Waals surface area contributed by atoms with E-state index in [2.05, 4.69) is 86.8 Å². The average Bonchev–Trinajstić information content (AvgIpc) is 3.01. The molecule has 0 saturated heterocycles. The monoisotopic (exact) mass is 598 g/mol. The third-order valence-electron chi connectivity index (χ3n) is 7.02. The summed E-state index contributed by atoms with van der Waals surface area (Å²) >= 11 is 0. The summed E-state index contributed by atoms with van der Waals surface area (Å²) < 4.78 is 11.1. The number of esters is 1. The number of unbranched alkanes of at least 4 members (excludes halogenated alkanes) is 11. The normalized spacial score (nSPS) is 13.3. The van der Waals surface area contributed by atoms with Crippen molar-refractivity contribution in [1.29, 1.82) is 0 Å². The van der Waals surface area contributed by atoms with E-state index >= 15 is 0 Å². The molecule has 0 aliphatic heterocycles. The SMILES string of the molecule is CC/C=C\C/C=C\C/C=C\C/C=C\CCCCCOCC(CO)OC(=O)CCCCCCC/C=C\C/C=C\CCCCC. The van der Waals surface area contributed by atoms with E-state index in [0.29, 0.717) is 13.0 Å². The van der Waals surface area contributed by atoms with Gasteiger partial charge in [0.15, 0.2) is 0 Å². The maximum Gasteiger partial charge on any atom is 0.306 e. The van der Waals surface area contributed by atoms with Gasteiger partial charge in [0, 0.05) is 13.0 Å². The lowest BCUT2D eigenvalue weighted by Crippen LogP contribution is -2.27. The third-order valence-corrected chi connectivity index (χ3v) is 7.02. The molecule has 0 amide bonds. The molecule has 43 heavy (non-hydrogen) atoms. The number of hydrogen-bond donors (Lipinski definition) is 1. The number of aliphatic hydroxyl groups excluding tert-OH is 1. The lowest BCUT2D eigenvalue weighted by Gasteiger charge is -2.15. The fourth-order valence-electron chi connectivity index (χ4n) is 4.41. The smallest absolute Gasteiger partial charge is 0.306 e. The lowest BCUT2D eigenvalue weighted by atomic mass is 10.1. The first kappa shape index (κ1) is 40.8. The molecule has 0 heterocycles. The van der Waals surface area contributed by atoms with E-state index in [1.807, 2.05) is 0 Å². The summed E-state index contributed by atoms with van der Waals surface area (Å²) in [5.41, 5.74) is 0. The molecule has 0 aromatic rings. The summed E-state index contributed by atoms with van der Waals surface area (Å²) in [6.07, 6.45) is 47.9. The number of aliphatic hydroxyl groups is 1. The summed E-state index contributed by atoms with van der Waals surface area (Å²) in [5, 5.41) is 9.54. The van der Waals surface area contributed by atoms with Crippen molar-refractivity contribution >= 4 is 5.97 Å². The van der Waals surface area contributed by atoms with Gasteiger partial charge in [0.05, 0.1) is 13.2 Å². The first-order valence-electron chi connectivity index (χ1n) is 17.5. The second kappa shape index (κ2) is 36.0. The zero-order valence-electron chi connectivity index (χ0n) is 27.9. The Morgan fingerprint density at radius 1 is 0.581 bits per heavy atom. The van der Waals surface area contributed by atoms with Gasteiger partial charge in [-0.25, -0.2) is 0 Å². The van der Waals surface area contributed by atoms with Crippen LogP contribution < -0.4 is 0 Å². The molecule has 1 atom stereocenters. The van der Waals surface area contributed by atoms with Crippen LogP contribution >= 0.6 is 0 Å². The molecule has 0 bridgehead atoms. The van der Waals surface area contributed by atoms with E-state index in [-0.39, 0.29) is 19.2 Å². The van der Waals surface area contributed by atoms with Crippen LogP contribution in [0.15, 0.2) is 72.9 Å². The van der Waals surface area contributed by atoms with Gasteiger partial charge >= 0.3 is 5.97 Å². The molecule has 0 aliphatic carbocycles. The molecule has 0 fully saturated rings. The molecule has 4 nitrogen and oxygen atoms in total. The van der Waals surface area contributed by atoms with Crippen LogP contribution in [0.1, 0.15) is 142 Å². The summed E-state index contributed by atoms with van der Waals surface area (Å²) in [7, 11) is 0. The molecule has 0 saturated carbocycles. The van der Waals surface area contributed by atoms with Crippen molar-refractivity contribution in [2.45, 2.75) is 148 Å². The number of allylic oxidation sites excluding steroid dienone is 12. The van der Waals surface area contributed by atoms with Gasteiger partial charge in [0.25, 0.3) is 0 Å². The molecule has 0 radical (unpaired) electrons. The van der Waals surface area contributed by atoms with E-state index in [9.17, 15) is 9.90 Å². The molecule has 1 N–H and O–H groups in total. The first-order chi connectivity index (χ1) is 21.2. The second-order valence-electron chi connectivity index (χ2n) is 11.2. The highest BCUT2D eigenvalue weighted by atomic mass is 16.6. The van der Waals surface area contributed by atoms with Crippen molar-refractivity contribution in [2.24, 2.45) is 0 Å². The zero-order valence-corrected chi connectivity index (χ0v) is 27.9. The number of carbonyl (C=O) groups is 1. The highest BCUT2D eigenvalue weighted by Crippen LogP contribution is 2.10. The summed E-state index contributed by atoms with van der Waals surface area (Å²) in [6.45, 7) is 5.10. The number of hydrogen-bond acceptors (Lipinski definition) is 4. The quantitative estimate of drug-likeness (QED) is 0.0490. The molecule has 0 aromatic heterocycles. The topological polar surface area (TPSA) is 55.8 Å². The van der Waals surface area contributed by atoms with Gasteiger partial charge in [0.1, 0.15) is 6.10 Å². The lowest BCUT2D eigenvalue weighted by molar-refractivity contribution is -0.154. The number of ether oxygens (including phenoxy) is 2. The minimum absolute atomic E-state index is 0.195. The largest absolute Gasteiger partial charge is 0.457 e. The van der Waals surface area contributed by atoms with Crippen molar-refractivity contribution in [1.82, 2.24) is 0 Å². The van der Waals surface area contributed by atoms with Crippen molar-refractivity contribution < 1.29 is 19.4 Å². The molecule has 0 spiro atoms. The van der Waals surface area contributed by atoms with Crippen LogP contribution in [-0.2, 0) is 14.3 Å². The van der Waals surface area contributed by atoms with Crippen molar-refractivity contribution in [3.8, 4) is 0 Å². The number of rotatable bonds is 31. The Morgan fingerprint density at radius 3 is 1.58 bits per heavy atom. The Morgan fingerprint density at radius 2 is 1.05 bits per heavy atom. The Balaban J connectivity index is 3.58. The fraction of sp³-hybridized carbons (Fsp3) is 0.667. The van der Waals surface area contributed by atoms with Crippen LogP contribution in [-0.4, -0.2) is 37.0 Å². The second-order valence-corrected chi connectivity index (χ2v) is 11.2. The van der Waals surface area contributed by atoms with Crippen molar-refractivity contribution in [2.75, 3.05) is 19.8 Å². The minimum atomic E-state index is -0.560. The van der Waals surface area contributed by atoms with Crippen LogP contribution in [0.4, 0.5) is 0 Å². The van der Waals surface area contributed by atoms with Gasteiger partial charge in [-0.05, 0) is 83.5 Å². The van der Waals surface area contributed by atoms with Gasteiger partial charge in [-0.3, -0.25) is 4.79 Å². The maximum absolute atomic E-state index is 12.1. The summed E-state index contributed by atoms with van der Waals surface area (Å²) in [4.78, 5) is 12.1. The van der Waals surface area contributed by atoms with Crippen molar-refractivity contribution in [3.63, 3.8) is 0 Å². The van der Waals surface area contributed by atoms with Gasteiger partial charge in [-0.15, -0.1) is 0 Å². The molecular weight excluding hydrogens is 532 g/mol. The Labute approximate surface area is 266 Å². The molecule has 0 rings (SSSR count).